The highest BCUT2D eigenvalue weighted by Gasteiger charge is 2.35. The largest absolute Gasteiger partial charge is 0.508 e. The first-order valence-electron chi connectivity index (χ1n) is 9.00. The lowest BCUT2D eigenvalue weighted by Gasteiger charge is -2.38. The Hall–Kier alpha value is -2.22. The van der Waals surface area contributed by atoms with Gasteiger partial charge in [-0.3, -0.25) is 0 Å². The molecule has 0 saturated heterocycles. The van der Waals surface area contributed by atoms with Crippen LogP contribution < -0.4 is 0 Å². The quantitative estimate of drug-likeness (QED) is 0.801. The summed E-state index contributed by atoms with van der Waals surface area (Å²) < 4.78 is 0. The van der Waals surface area contributed by atoms with Crippen molar-refractivity contribution in [2.45, 2.75) is 39.5 Å². The van der Waals surface area contributed by atoms with Gasteiger partial charge in [0.2, 0.25) is 0 Å². The topological polar surface area (TPSA) is 40.5 Å². The van der Waals surface area contributed by atoms with E-state index in [2.05, 4.69) is 26.0 Å². The van der Waals surface area contributed by atoms with Gasteiger partial charge < -0.3 is 10.2 Å². The summed E-state index contributed by atoms with van der Waals surface area (Å²) in [6.07, 6.45) is 4.14. The molecule has 2 aromatic carbocycles. The Morgan fingerprint density at radius 1 is 0.750 bits per heavy atom. The van der Waals surface area contributed by atoms with Crippen molar-refractivity contribution < 1.29 is 10.2 Å². The van der Waals surface area contributed by atoms with Gasteiger partial charge in [0.25, 0.3) is 0 Å². The second kappa shape index (κ2) is 5.70. The average Bonchev–Trinajstić information content (AvgIpc) is 2.59. The van der Waals surface area contributed by atoms with Crippen molar-refractivity contribution >= 4 is 11.1 Å². The van der Waals surface area contributed by atoms with Gasteiger partial charge in [0.1, 0.15) is 11.5 Å². The van der Waals surface area contributed by atoms with Crippen molar-refractivity contribution in [3.05, 3.63) is 58.7 Å². The zero-order valence-corrected chi connectivity index (χ0v) is 14.3. The van der Waals surface area contributed by atoms with Gasteiger partial charge in [-0.2, -0.15) is 0 Å². The van der Waals surface area contributed by atoms with E-state index in [0.29, 0.717) is 23.3 Å². The van der Waals surface area contributed by atoms with Gasteiger partial charge in [0.15, 0.2) is 0 Å². The molecule has 0 unspecified atom stereocenters. The zero-order chi connectivity index (χ0) is 16.8. The predicted octanol–water partition coefficient (Wildman–Crippen LogP) is 5.17. The Kier molecular flexibility index (Phi) is 3.64. The van der Waals surface area contributed by atoms with E-state index in [0.717, 1.165) is 25.7 Å². The molecule has 2 aromatic rings. The van der Waals surface area contributed by atoms with Crippen LogP contribution in [0.15, 0.2) is 36.4 Å². The van der Waals surface area contributed by atoms with Crippen molar-refractivity contribution in [2.75, 3.05) is 0 Å². The average molecular weight is 320 g/mol. The SMILES string of the molecule is CC[C@H]1Cc2cc(O)ccc2C2=C1c1ccc(O)cc1C[C@@H]2CC. The van der Waals surface area contributed by atoms with Gasteiger partial charge in [-0.15, -0.1) is 0 Å². The molecule has 4 rings (SSSR count). The number of fused-ring (bicyclic) bond motifs is 4. The van der Waals surface area contributed by atoms with Gasteiger partial charge in [-0.05, 0) is 95.2 Å². The number of rotatable bonds is 2. The number of hydrogen-bond acceptors (Lipinski definition) is 2. The summed E-state index contributed by atoms with van der Waals surface area (Å²) in [6, 6.07) is 11.7. The summed E-state index contributed by atoms with van der Waals surface area (Å²) in [5, 5.41) is 19.8. The van der Waals surface area contributed by atoms with Crippen LogP contribution in [0, 0.1) is 11.8 Å². The van der Waals surface area contributed by atoms with Crippen LogP contribution in [0.3, 0.4) is 0 Å². The molecule has 0 bridgehead atoms. The summed E-state index contributed by atoms with van der Waals surface area (Å²) in [5.41, 5.74) is 8.14. The Morgan fingerprint density at radius 3 is 1.54 bits per heavy atom. The lowest BCUT2D eigenvalue weighted by Crippen LogP contribution is -2.24. The summed E-state index contributed by atoms with van der Waals surface area (Å²) in [4.78, 5) is 0. The fourth-order valence-electron chi connectivity index (χ4n) is 4.63. The van der Waals surface area contributed by atoms with Crippen molar-refractivity contribution in [1.29, 1.82) is 0 Å². The Bertz CT molecular complexity index is 762. The second-order valence-corrected chi connectivity index (χ2v) is 7.13. The molecule has 24 heavy (non-hydrogen) atoms. The lowest BCUT2D eigenvalue weighted by atomic mass is 9.66. The molecule has 2 atom stereocenters. The fraction of sp³-hybridized carbons (Fsp3) is 0.364. The van der Waals surface area contributed by atoms with E-state index in [-0.39, 0.29) is 0 Å². The zero-order valence-electron chi connectivity index (χ0n) is 14.3. The first-order chi connectivity index (χ1) is 11.6. The minimum absolute atomic E-state index is 0.363. The molecule has 2 heteroatoms. The normalized spacial score (nSPS) is 21.9. The third kappa shape index (κ3) is 2.24. The summed E-state index contributed by atoms with van der Waals surface area (Å²) in [6.45, 7) is 4.50. The maximum absolute atomic E-state index is 9.91. The fourth-order valence-corrected chi connectivity index (χ4v) is 4.63. The van der Waals surface area contributed by atoms with Crippen molar-refractivity contribution in [2.24, 2.45) is 11.8 Å². The van der Waals surface area contributed by atoms with Crippen LogP contribution in [0.2, 0.25) is 0 Å². The van der Waals surface area contributed by atoms with Crippen molar-refractivity contribution in [3.63, 3.8) is 0 Å². The van der Waals surface area contributed by atoms with Crippen LogP contribution in [0.1, 0.15) is 48.9 Å². The Morgan fingerprint density at radius 2 is 1.17 bits per heavy atom. The molecule has 0 spiro atoms. The molecule has 0 heterocycles. The highest BCUT2D eigenvalue weighted by Crippen LogP contribution is 2.51. The summed E-state index contributed by atoms with van der Waals surface area (Å²) in [7, 11) is 0. The number of aromatic hydroxyl groups is 2. The van der Waals surface area contributed by atoms with Gasteiger partial charge in [0, 0.05) is 0 Å². The third-order valence-electron chi connectivity index (χ3n) is 5.78. The van der Waals surface area contributed by atoms with Crippen molar-refractivity contribution in [1.82, 2.24) is 0 Å². The van der Waals surface area contributed by atoms with E-state index in [4.69, 9.17) is 0 Å². The lowest BCUT2D eigenvalue weighted by molar-refractivity contribution is 0.471. The van der Waals surface area contributed by atoms with Crippen LogP contribution in [-0.2, 0) is 12.8 Å². The molecule has 2 nitrogen and oxygen atoms in total. The molecular weight excluding hydrogens is 296 g/mol. The molecule has 0 aliphatic heterocycles. The molecule has 0 amide bonds. The molecule has 0 saturated carbocycles. The van der Waals surface area contributed by atoms with E-state index in [9.17, 15) is 10.2 Å². The van der Waals surface area contributed by atoms with Crippen LogP contribution in [0.5, 0.6) is 11.5 Å². The standard InChI is InChI=1S/C22H24O2/c1-3-13-9-15-11-17(23)6-8-20(15)22-14(4-2)10-16-12-18(24)5-7-19(16)21(13)22/h5-8,11-14,23-24H,3-4,9-10H2,1-2H3/t13-,14-/m0/s1. The van der Waals surface area contributed by atoms with Gasteiger partial charge >= 0.3 is 0 Å². The van der Waals surface area contributed by atoms with Crippen LogP contribution in [-0.4, -0.2) is 10.2 Å². The maximum atomic E-state index is 9.91. The number of benzene rings is 2. The molecule has 124 valence electrons. The van der Waals surface area contributed by atoms with Gasteiger partial charge in [0.05, 0.1) is 0 Å². The number of phenols is 2. The molecule has 0 aromatic heterocycles. The molecule has 2 N–H and O–H groups in total. The molecule has 0 radical (unpaired) electrons. The van der Waals surface area contributed by atoms with Crippen molar-refractivity contribution in [3.8, 4) is 11.5 Å². The highest BCUT2D eigenvalue weighted by atomic mass is 16.3. The first kappa shape index (κ1) is 15.3. The molecule has 2 aliphatic carbocycles. The minimum Gasteiger partial charge on any atom is -0.508 e. The number of allylic oxidation sites excluding steroid dienone is 2. The molecular formula is C22H24O2. The van der Waals surface area contributed by atoms with E-state index in [1.54, 1.807) is 0 Å². The monoisotopic (exact) mass is 320 g/mol. The smallest absolute Gasteiger partial charge is 0.115 e. The van der Waals surface area contributed by atoms with E-state index in [1.165, 1.54) is 33.4 Å². The minimum atomic E-state index is 0.363. The molecule has 2 aliphatic rings. The summed E-state index contributed by atoms with van der Waals surface area (Å²) >= 11 is 0. The first-order valence-corrected chi connectivity index (χ1v) is 9.00. The van der Waals surface area contributed by atoms with E-state index < -0.39 is 0 Å². The van der Waals surface area contributed by atoms with E-state index >= 15 is 0 Å². The Labute approximate surface area is 143 Å². The Balaban J connectivity index is 2.01. The maximum Gasteiger partial charge on any atom is 0.115 e. The molecule has 0 fully saturated rings. The predicted molar refractivity (Wildman–Crippen MR) is 98.0 cm³/mol. The van der Waals surface area contributed by atoms with E-state index in [1.807, 2.05) is 24.3 Å². The second-order valence-electron chi connectivity index (χ2n) is 7.13. The summed E-state index contributed by atoms with van der Waals surface area (Å²) in [5.74, 6) is 1.68. The number of hydrogen-bond donors (Lipinski definition) is 2. The van der Waals surface area contributed by atoms with Crippen LogP contribution in [0.25, 0.3) is 11.1 Å². The number of phenolic OH excluding ortho intramolecular Hbond substituents is 2. The van der Waals surface area contributed by atoms with Gasteiger partial charge in [-0.1, -0.05) is 26.0 Å². The third-order valence-corrected chi connectivity index (χ3v) is 5.78. The van der Waals surface area contributed by atoms with Gasteiger partial charge in [-0.25, -0.2) is 0 Å². The van der Waals surface area contributed by atoms with Crippen LogP contribution >= 0.6 is 0 Å². The van der Waals surface area contributed by atoms with Crippen LogP contribution in [0.4, 0.5) is 0 Å². The highest BCUT2D eigenvalue weighted by molar-refractivity contribution is 5.98.